The maximum atomic E-state index is 12.3. The smallest absolute Gasteiger partial charge is 0.266 e. The maximum Gasteiger partial charge on any atom is 0.266 e. The highest BCUT2D eigenvalue weighted by molar-refractivity contribution is 8.01. The first-order valence-electron chi connectivity index (χ1n) is 7.42. The van der Waals surface area contributed by atoms with Crippen LogP contribution >= 0.6 is 23.1 Å². The van der Waals surface area contributed by atoms with E-state index in [2.05, 4.69) is 21.6 Å². The summed E-state index contributed by atoms with van der Waals surface area (Å²) in [4.78, 5) is 12.3. The van der Waals surface area contributed by atoms with Gasteiger partial charge >= 0.3 is 0 Å². The van der Waals surface area contributed by atoms with E-state index in [4.69, 9.17) is 4.74 Å². The summed E-state index contributed by atoms with van der Waals surface area (Å²) in [6, 6.07) is 4.05. The molecule has 1 unspecified atom stereocenters. The minimum Gasteiger partial charge on any atom is -0.481 e. The summed E-state index contributed by atoms with van der Waals surface area (Å²) >= 11 is 2.97. The van der Waals surface area contributed by atoms with Crippen molar-refractivity contribution in [2.24, 2.45) is 0 Å². The Hall–Kier alpha value is -1.60. The van der Waals surface area contributed by atoms with E-state index in [0.29, 0.717) is 5.13 Å². The molecule has 0 aliphatic rings. The van der Waals surface area contributed by atoms with Crippen molar-refractivity contribution < 1.29 is 9.53 Å². The van der Waals surface area contributed by atoms with Gasteiger partial charge < -0.3 is 4.74 Å². The van der Waals surface area contributed by atoms with Crippen molar-refractivity contribution in [1.29, 1.82) is 0 Å². The molecule has 0 aliphatic heterocycles. The van der Waals surface area contributed by atoms with Gasteiger partial charge in [0, 0.05) is 0 Å². The fourth-order valence-corrected chi connectivity index (χ4v) is 3.67. The summed E-state index contributed by atoms with van der Waals surface area (Å²) in [6.07, 6.45) is -0.610. The van der Waals surface area contributed by atoms with Crippen LogP contribution in [0.25, 0.3) is 0 Å². The highest BCUT2D eigenvalue weighted by Gasteiger charge is 2.18. The van der Waals surface area contributed by atoms with Crippen molar-refractivity contribution >= 4 is 34.1 Å². The lowest BCUT2D eigenvalue weighted by Gasteiger charge is -2.17. The van der Waals surface area contributed by atoms with Crippen LogP contribution in [0.3, 0.4) is 0 Å². The number of carbonyl (C=O) groups is 1. The lowest BCUT2D eigenvalue weighted by molar-refractivity contribution is -0.122. The molecule has 1 N–H and O–H groups in total. The van der Waals surface area contributed by atoms with Gasteiger partial charge in [0.1, 0.15) is 5.75 Å². The standard InChI is InChI=1S/C16H21N3O2S2/c1-6-22-16-19-18-15(23-16)17-14(20)12(5)21-13-8-9(2)7-10(3)11(13)4/h7-8,12H,6H2,1-5H3,(H,17,18,20). The Kier molecular flexibility index (Phi) is 6.01. The maximum absolute atomic E-state index is 12.3. The lowest BCUT2D eigenvalue weighted by Crippen LogP contribution is -2.30. The molecule has 0 bridgehead atoms. The average Bonchev–Trinajstić information content (AvgIpc) is 2.91. The second-order valence-electron chi connectivity index (χ2n) is 5.26. The van der Waals surface area contributed by atoms with E-state index in [1.807, 2.05) is 33.8 Å². The average molecular weight is 351 g/mol. The van der Waals surface area contributed by atoms with Crippen molar-refractivity contribution in [2.45, 2.75) is 45.1 Å². The Balaban J connectivity index is 2.02. The summed E-state index contributed by atoms with van der Waals surface area (Å²) < 4.78 is 6.68. The van der Waals surface area contributed by atoms with Crippen LogP contribution in [0.1, 0.15) is 30.5 Å². The molecule has 0 spiro atoms. The molecule has 0 fully saturated rings. The van der Waals surface area contributed by atoms with Gasteiger partial charge in [0.2, 0.25) is 5.13 Å². The molecule has 7 heteroatoms. The third-order valence-electron chi connectivity index (χ3n) is 3.34. The molecule has 124 valence electrons. The number of thioether (sulfide) groups is 1. The van der Waals surface area contributed by atoms with Gasteiger partial charge in [-0.05, 0) is 56.2 Å². The van der Waals surface area contributed by atoms with Crippen molar-refractivity contribution in [2.75, 3.05) is 11.1 Å². The highest BCUT2D eigenvalue weighted by atomic mass is 32.2. The summed E-state index contributed by atoms with van der Waals surface area (Å²) in [5, 5.41) is 11.2. The Labute approximate surface area is 144 Å². The number of anilines is 1. The molecular formula is C16H21N3O2S2. The van der Waals surface area contributed by atoms with E-state index in [-0.39, 0.29) is 5.91 Å². The molecule has 0 saturated carbocycles. The van der Waals surface area contributed by atoms with Crippen LogP contribution in [0.2, 0.25) is 0 Å². The second kappa shape index (κ2) is 7.79. The van der Waals surface area contributed by atoms with Crippen LogP contribution < -0.4 is 10.1 Å². The van der Waals surface area contributed by atoms with Gasteiger partial charge in [-0.15, -0.1) is 10.2 Å². The van der Waals surface area contributed by atoms with Gasteiger partial charge in [-0.2, -0.15) is 0 Å². The molecule has 1 amide bonds. The van der Waals surface area contributed by atoms with Gasteiger partial charge in [0.15, 0.2) is 10.4 Å². The van der Waals surface area contributed by atoms with Crippen LogP contribution in [0.4, 0.5) is 5.13 Å². The number of nitrogens with zero attached hydrogens (tertiary/aromatic N) is 2. The van der Waals surface area contributed by atoms with Gasteiger partial charge in [-0.1, -0.05) is 36.1 Å². The molecule has 1 aromatic heterocycles. The van der Waals surface area contributed by atoms with Crippen molar-refractivity contribution in [3.8, 4) is 5.75 Å². The monoisotopic (exact) mass is 351 g/mol. The zero-order valence-corrected chi connectivity index (χ0v) is 15.6. The first-order chi connectivity index (χ1) is 10.9. The summed E-state index contributed by atoms with van der Waals surface area (Å²) in [5.74, 6) is 1.44. The predicted molar refractivity (Wildman–Crippen MR) is 95.7 cm³/mol. The highest BCUT2D eigenvalue weighted by Crippen LogP contribution is 2.26. The minimum absolute atomic E-state index is 0.229. The fourth-order valence-electron chi connectivity index (χ4n) is 2.02. The summed E-state index contributed by atoms with van der Waals surface area (Å²) in [5.41, 5.74) is 3.31. The number of hydrogen-bond donors (Lipinski definition) is 1. The molecule has 0 radical (unpaired) electrons. The van der Waals surface area contributed by atoms with Gasteiger partial charge in [0.25, 0.3) is 5.91 Å². The molecular weight excluding hydrogens is 330 g/mol. The molecule has 1 atom stereocenters. The Morgan fingerprint density at radius 3 is 2.78 bits per heavy atom. The van der Waals surface area contributed by atoms with Crippen molar-refractivity contribution in [1.82, 2.24) is 10.2 Å². The Bertz CT molecular complexity index is 701. The van der Waals surface area contributed by atoms with Crippen molar-refractivity contribution in [3.63, 3.8) is 0 Å². The molecule has 1 heterocycles. The summed E-state index contributed by atoms with van der Waals surface area (Å²) in [6.45, 7) is 9.82. The van der Waals surface area contributed by atoms with E-state index in [9.17, 15) is 4.79 Å². The van der Waals surface area contributed by atoms with E-state index >= 15 is 0 Å². The third-order valence-corrected chi connectivity index (χ3v) is 5.20. The minimum atomic E-state index is -0.610. The molecule has 2 aromatic rings. The second-order valence-corrected chi connectivity index (χ2v) is 7.75. The van der Waals surface area contributed by atoms with E-state index in [1.54, 1.807) is 18.7 Å². The zero-order chi connectivity index (χ0) is 17.0. The number of aryl methyl sites for hydroxylation is 2. The molecule has 5 nitrogen and oxygen atoms in total. The zero-order valence-electron chi connectivity index (χ0n) is 14.0. The normalized spacial score (nSPS) is 12.0. The third kappa shape index (κ3) is 4.68. The molecule has 2 rings (SSSR count). The topological polar surface area (TPSA) is 64.1 Å². The Morgan fingerprint density at radius 2 is 2.09 bits per heavy atom. The lowest BCUT2D eigenvalue weighted by atomic mass is 10.1. The molecule has 0 saturated heterocycles. The first kappa shape index (κ1) is 17.7. The number of carbonyl (C=O) groups excluding carboxylic acids is 1. The SMILES string of the molecule is CCSc1nnc(NC(=O)C(C)Oc2cc(C)cc(C)c2C)s1. The van der Waals surface area contributed by atoms with E-state index in [0.717, 1.165) is 32.5 Å². The van der Waals surface area contributed by atoms with E-state index in [1.165, 1.54) is 11.3 Å². The van der Waals surface area contributed by atoms with Gasteiger partial charge in [0.05, 0.1) is 0 Å². The molecule has 0 aliphatic carbocycles. The Morgan fingerprint density at radius 1 is 1.35 bits per heavy atom. The van der Waals surface area contributed by atoms with Crippen LogP contribution in [-0.4, -0.2) is 28.0 Å². The van der Waals surface area contributed by atoms with Crippen LogP contribution in [-0.2, 0) is 4.79 Å². The summed E-state index contributed by atoms with van der Waals surface area (Å²) in [7, 11) is 0. The van der Waals surface area contributed by atoms with Crippen LogP contribution in [0.5, 0.6) is 5.75 Å². The van der Waals surface area contributed by atoms with Gasteiger partial charge in [-0.3, -0.25) is 10.1 Å². The van der Waals surface area contributed by atoms with Crippen LogP contribution in [0.15, 0.2) is 16.5 Å². The number of benzene rings is 1. The number of aromatic nitrogens is 2. The quantitative estimate of drug-likeness (QED) is 0.630. The van der Waals surface area contributed by atoms with E-state index < -0.39 is 6.10 Å². The number of hydrogen-bond acceptors (Lipinski definition) is 6. The predicted octanol–water partition coefficient (Wildman–Crippen LogP) is 3.98. The number of nitrogens with one attached hydrogen (secondary N) is 1. The molecule has 1 aromatic carbocycles. The first-order valence-corrected chi connectivity index (χ1v) is 9.22. The fraction of sp³-hybridized carbons (Fsp3) is 0.438. The van der Waals surface area contributed by atoms with Crippen LogP contribution in [0, 0.1) is 20.8 Å². The number of rotatable bonds is 6. The molecule has 23 heavy (non-hydrogen) atoms. The largest absolute Gasteiger partial charge is 0.481 e. The number of ether oxygens (including phenoxy) is 1. The van der Waals surface area contributed by atoms with Crippen molar-refractivity contribution in [3.05, 3.63) is 28.8 Å². The number of amides is 1. The van der Waals surface area contributed by atoms with Gasteiger partial charge in [-0.25, -0.2) is 0 Å².